The lowest BCUT2D eigenvalue weighted by Crippen LogP contribution is -2.15. The van der Waals surface area contributed by atoms with Crippen LogP contribution in [0, 0.1) is 11.8 Å². The van der Waals surface area contributed by atoms with Gasteiger partial charge in [-0.05, 0) is 31.6 Å². The molecule has 0 aliphatic heterocycles. The van der Waals surface area contributed by atoms with Crippen LogP contribution in [-0.2, 0) is 9.53 Å². The van der Waals surface area contributed by atoms with Gasteiger partial charge < -0.3 is 4.74 Å². The van der Waals surface area contributed by atoms with Crippen LogP contribution in [0.25, 0.3) is 0 Å². The third-order valence-corrected chi connectivity index (χ3v) is 3.23. The van der Waals surface area contributed by atoms with Gasteiger partial charge in [-0.25, -0.2) is 0 Å². The minimum Gasteiger partial charge on any atom is -0.385 e. The van der Waals surface area contributed by atoms with Crippen molar-refractivity contribution in [3.8, 4) is 0 Å². The average molecular weight is 210 g/mol. The number of ether oxygens (including phenoxy) is 1. The van der Waals surface area contributed by atoms with Gasteiger partial charge in [0, 0.05) is 26.1 Å². The molecule has 0 amide bonds. The first kappa shape index (κ1) is 12.4. The lowest BCUT2D eigenvalue weighted by molar-refractivity contribution is -0.121. The van der Waals surface area contributed by atoms with Crippen LogP contribution < -0.4 is 0 Å². The highest BCUT2D eigenvalue weighted by atomic mass is 16.5. The van der Waals surface area contributed by atoms with E-state index in [0.29, 0.717) is 11.7 Å². The van der Waals surface area contributed by atoms with Gasteiger partial charge in [0.25, 0.3) is 0 Å². The Labute approximate surface area is 92.7 Å². The minimum atomic E-state index is 0.267. The van der Waals surface area contributed by atoms with Crippen molar-refractivity contribution in [2.75, 3.05) is 13.7 Å². The molecule has 0 heterocycles. The van der Waals surface area contributed by atoms with Crippen molar-refractivity contribution in [2.45, 2.75) is 39.0 Å². The lowest BCUT2D eigenvalue weighted by Gasteiger charge is -2.16. The van der Waals surface area contributed by atoms with Crippen molar-refractivity contribution < 1.29 is 9.53 Å². The number of rotatable bonds is 6. The molecule has 0 saturated heterocycles. The first-order chi connectivity index (χ1) is 7.29. The van der Waals surface area contributed by atoms with Crippen molar-refractivity contribution in [1.82, 2.24) is 0 Å². The summed E-state index contributed by atoms with van der Waals surface area (Å²) in [6.45, 7) is 2.90. The predicted molar refractivity (Wildman–Crippen MR) is 61.8 cm³/mol. The number of methoxy groups -OCH3 is 1. The molecule has 0 aromatic rings. The summed E-state index contributed by atoms with van der Waals surface area (Å²) in [5.74, 6) is 1.28. The molecule has 0 radical (unpaired) electrons. The number of carbonyl (C=O) groups excluding carboxylic acids is 1. The van der Waals surface area contributed by atoms with Crippen LogP contribution >= 0.6 is 0 Å². The number of ketones is 1. The van der Waals surface area contributed by atoms with E-state index >= 15 is 0 Å². The molecule has 1 saturated carbocycles. The summed E-state index contributed by atoms with van der Waals surface area (Å²) in [7, 11) is 1.72. The number of Topliss-reactive ketones (excluding diaryl/α,β-unsaturated/α-hetero) is 1. The molecular formula is C13H22O2. The largest absolute Gasteiger partial charge is 0.385 e. The molecule has 1 aliphatic rings. The van der Waals surface area contributed by atoms with Gasteiger partial charge in [0.15, 0.2) is 0 Å². The minimum absolute atomic E-state index is 0.267. The first-order valence-corrected chi connectivity index (χ1v) is 5.96. The van der Waals surface area contributed by atoms with Gasteiger partial charge in [0.05, 0.1) is 0 Å². The van der Waals surface area contributed by atoms with E-state index in [1.165, 1.54) is 0 Å². The van der Waals surface area contributed by atoms with E-state index in [1.54, 1.807) is 7.11 Å². The second-order valence-electron chi connectivity index (χ2n) is 4.27. The van der Waals surface area contributed by atoms with Gasteiger partial charge in [0.2, 0.25) is 0 Å². The molecule has 2 nitrogen and oxygen atoms in total. The molecule has 1 aliphatic carbocycles. The molecule has 1 rings (SSSR count). The third kappa shape index (κ3) is 3.78. The summed E-state index contributed by atoms with van der Waals surface area (Å²) in [5, 5.41) is 0. The van der Waals surface area contributed by atoms with E-state index in [2.05, 4.69) is 19.1 Å². The van der Waals surface area contributed by atoms with Crippen LogP contribution in [0.1, 0.15) is 39.0 Å². The highest BCUT2D eigenvalue weighted by molar-refractivity contribution is 5.83. The van der Waals surface area contributed by atoms with E-state index in [9.17, 15) is 4.79 Å². The molecule has 0 aromatic heterocycles. The molecule has 2 heteroatoms. The smallest absolute Gasteiger partial charge is 0.136 e. The summed E-state index contributed by atoms with van der Waals surface area (Å²) in [6.07, 6.45) is 9.18. The highest BCUT2D eigenvalue weighted by Gasteiger charge is 2.32. The SMILES string of the molecule is CCC=CCC1C(=O)CCC1CCOC. The van der Waals surface area contributed by atoms with Crippen molar-refractivity contribution in [1.29, 1.82) is 0 Å². The van der Waals surface area contributed by atoms with E-state index in [4.69, 9.17) is 4.74 Å². The zero-order chi connectivity index (χ0) is 11.1. The molecule has 0 spiro atoms. The molecule has 0 N–H and O–H groups in total. The fraction of sp³-hybridized carbons (Fsp3) is 0.769. The Morgan fingerprint density at radius 3 is 2.93 bits per heavy atom. The van der Waals surface area contributed by atoms with E-state index in [0.717, 1.165) is 38.7 Å². The molecule has 0 bridgehead atoms. The number of allylic oxidation sites excluding steroid dienone is 2. The maximum absolute atomic E-state index is 11.7. The van der Waals surface area contributed by atoms with Crippen molar-refractivity contribution >= 4 is 5.78 Å². The highest BCUT2D eigenvalue weighted by Crippen LogP contribution is 2.33. The van der Waals surface area contributed by atoms with Gasteiger partial charge in [-0.1, -0.05) is 19.1 Å². The fourth-order valence-corrected chi connectivity index (χ4v) is 2.33. The molecule has 15 heavy (non-hydrogen) atoms. The molecule has 0 aromatic carbocycles. The zero-order valence-electron chi connectivity index (χ0n) is 9.87. The topological polar surface area (TPSA) is 26.3 Å². The average Bonchev–Trinajstić information content (AvgIpc) is 2.58. The van der Waals surface area contributed by atoms with Crippen LogP contribution in [0.5, 0.6) is 0 Å². The van der Waals surface area contributed by atoms with Crippen molar-refractivity contribution in [2.24, 2.45) is 11.8 Å². The monoisotopic (exact) mass is 210 g/mol. The maximum Gasteiger partial charge on any atom is 0.136 e. The second-order valence-corrected chi connectivity index (χ2v) is 4.27. The molecule has 86 valence electrons. The first-order valence-electron chi connectivity index (χ1n) is 5.96. The molecule has 1 fully saturated rings. The maximum atomic E-state index is 11.7. The predicted octanol–water partition coefficient (Wildman–Crippen LogP) is 2.97. The summed E-state index contributed by atoms with van der Waals surface area (Å²) in [5.41, 5.74) is 0. The van der Waals surface area contributed by atoms with Crippen LogP contribution in [0.4, 0.5) is 0 Å². The second kappa shape index (κ2) is 6.78. The van der Waals surface area contributed by atoms with Crippen LogP contribution in [0.15, 0.2) is 12.2 Å². The number of hydrogen-bond donors (Lipinski definition) is 0. The normalized spacial score (nSPS) is 26.7. The van der Waals surface area contributed by atoms with Gasteiger partial charge in [0.1, 0.15) is 5.78 Å². The van der Waals surface area contributed by atoms with Crippen molar-refractivity contribution in [3.05, 3.63) is 12.2 Å². The van der Waals surface area contributed by atoms with E-state index in [-0.39, 0.29) is 5.92 Å². The fourth-order valence-electron chi connectivity index (χ4n) is 2.33. The summed E-state index contributed by atoms with van der Waals surface area (Å²) in [6, 6.07) is 0. The Balaban J connectivity index is 2.41. The summed E-state index contributed by atoms with van der Waals surface area (Å²) in [4.78, 5) is 11.7. The van der Waals surface area contributed by atoms with Crippen LogP contribution in [-0.4, -0.2) is 19.5 Å². The standard InChI is InChI=1S/C13H22O2/c1-3-4-5-6-12-11(9-10-15-2)7-8-13(12)14/h4-5,11-12H,3,6-10H2,1-2H3. The van der Waals surface area contributed by atoms with Crippen LogP contribution in [0.3, 0.4) is 0 Å². The van der Waals surface area contributed by atoms with Gasteiger partial charge in [-0.2, -0.15) is 0 Å². The Bertz CT molecular complexity index is 221. The molecule has 2 unspecified atom stereocenters. The lowest BCUT2D eigenvalue weighted by atomic mass is 9.90. The Morgan fingerprint density at radius 1 is 1.47 bits per heavy atom. The third-order valence-electron chi connectivity index (χ3n) is 3.23. The molecule has 2 atom stereocenters. The number of carbonyl (C=O) groups is 1. The van der Waals surface area contributed by atoms with Gasteiger partial charge in [-0.3, -0.25) is 4.79 Å². The Hall–Kier alpha value is -0.630. The van der Waals surface area contributed by atoms with E-state index < -0.39 is 0 Å². The van der Waals surface area contributed by atoms with Crippen molar-refractivity contribution in [3.63, 3.8) is 0 Å². The number of hydrogen-bond acceptors (Lipinski definition) is 2. The summed E-state index contributed by atoms with van der Waals surface area (Å²) < 4.78 is 5.08. The van der Waals surface area contributed by atoms with Gasteiger partial charge >= 0.3 is 0 Å². The van der Waals surface area contributed by atoms with E-state index in [1.807, 2.05) is 0 Å². The summed E-state index contributed by atoms with van der Waals surface area (Å²) >= 11 is 0. The molecular weight excluding hydrogens is 188 g/mol. The zero-order valence-corrected chi connectivity index (χ0v) is 9.87. The Morgan fingerprint density at radius 2 is 2.27 bits per heavy atom. The van der Waals surface area contributed by atoms with Crippen LogP contribution in [0.2, 0.25) is 0 Å². The van der Waals surface area contributed by atoms with Gasteiger partial charge in [-0.15, -0.1) is 0 Å². The Kier molecular flexibility index (Phi) is 5.62. The quantitative estimate of drug-likeness (QED) is 0.630.